The molecule has 0 saturated heterocycles. The fourth-order valence-electron chi connectivity index (χ4n) is 0.815. The minimum absolute atomic E-state index is 0.0101. The number of aliphatic hydroxyl groups is 1. The molecule has 0 amide bonds. The number of hydrogen-bond donors (Lipinski definition) is 2. The summed E-state index contributed by atoms with van der Waals surface area (Å²) in [4.78, 5) is 0. The van der Waals surface area contributed by atoms with Crippen LogP contribution in [0.2, 0.25) is 0 Å². The van der Waals surface area contributed by atoms with E-state index in [4.69, 9.17) is 5.11 Å². The van der Waals surface area contributed by atoms with Gasteiger partial charge in [-0.05, 0) is 6.42 Å². The first-order valence-corrected chi connectivity index (χ1v) is 5.81. The van der Waals surface area contributed by atoms with Gasteiger partial charge in [0.05, 0.1) is 18.5 Å². The Morgan fingerprint density at radius 1 is 1.54 bits per heavy atom. The van der Waals surface area contributed by atoms with Crippen molar-refractivity contribution < 1.29 is 18.3 Å². The Morgan fingerprint density at radius 2 is 2.15 bits per heavy atom. The van der Waals surface area contributed by atoms with Crippen molar-refractivity contribution in [3.8, 4) is 0 Å². The van der Waals surface area contributed by atoms with E-state index in [1.54, 1.807) is 6.92 Å². The summed E-state index contributed by atoms with van der Waals surface area (Å²) >= 11 is 0. The van der Waals surface area contributed by atoms with Crippen molar-refractivity contribution in [3.63, 3.8) is 0 Å². The Hall–Kier alpha value is -0.170. The van der Waals surface area contributed by atoms with Crippen molar-refractivity contribution in [2.24, 2.45) is 0 Å². The lowest BCUT2D eigenvalue weighted by Crippen LogP contribution is -2.35. The molecule has 1 atom stereocenters. The van der Waals surface area contributed by atoms with E-state index >= 15 is 0 Å². The second kappa shape index (κ2) is 6.31. The third kappa shape index (κ3) is 6.94. The van der Waals surface area contributed by atoms with Gasteiger partial charge in [0, 0.05) is 13.7 Å². The summed E-state index contributed by atoms with van der Waals surface area (Å²) in [7, 11) is -1.76. The quantitative estimate of drug-likeness (QED) is 0.585. The molecule has 1 unspecified atom stereocenters. The molecule has 80 valence electrons. The molecule has 2 N–H and O–H groups in total. The summed E-state index contributed by atoms with van der Waals surface area (Å²) in [6, 6.07) is 0. The van der Waals surface area contributed by atoms with Crippen LogP contribution in [-0.4, -0.2) is 45.6 Å². The van der Waals surface area contributed by atoms with Crippen molar-refractivity contribution in [1.29, 1.82) is 0 Å². The highest BCUT2D eigenvalue weighted by molar-refractivity contribution is 7.89. The van der Waals surface area contributed by atoms with E-state index < -0.39 is 16.1 Å². The molecular formula is C7H17NO4S. The zero-order valence-corrected chi connectivity index (χ0v) is 8.80. The lowest BCUT2D eigenvalue weighted by molar-refractivity contribution is 0.0679. The maximum atomic E-state index is 11.1. The Morgan fingerprint density at radius 3 is 2.62 bits per heavy atom. The number of methoxy groups -OCH3 is 1. The van der Waals surface area contributed by atoms with Crippen LogP contribution in [0.15, 0.2) is 0 Å². The van der Waals surface area contributed by atoms with E-state index in [-0.39, 0.29) is 18.9 Å². The zero-order chi connectivity index (χ0) is 10.3. The van der Waals surface area contributed by atoms with Crippen LogP contribution in [0.3, 0.4) is 0 Å². The molecule has 0 aromatic carbocycles. The van der Waals surface area contributed by atoms with Crippen LogP contribution in [0.1, 0.15) is 13.3 Å². The first-order chi connectivity index (χ1) is 6.02. The molecule has 0 aliphatic heterocycles. The second-order valence-electron chi connectivity index (χ2n) is 2.78. The number of hydrogen-bond acceptors (Lipinski definition) is 4. The molecule has 0 aromatic rings. The minimum Gasteiger partial charge on any atom is -0.389 e. The minimum atomic E-state index is -3.21. The average Bonchev–Trinajstić information content (AvgIpc) is 2.02. The normalized spacial score (nSPS) is 14.4. The fraction of sp³-hybridized carbons (Fsp3) is 1.00. The van der Waals surface area contributed by atoms with Crippen LogP contribution in [0.25, 0.3) is 0 Å². The van der Waals surface area contributed by atoms with Gasteiger partial charge >= 0.3 is 0 Å². The van der Waals surface area contributed by atoms with Crippen LogP contribution < -0.4 is 4.72 Å². The molecule has 0 rings (SSSR count). The molecule has 0 aliphatic carbocycles. The van der Waals surface area contributed by atoms with Gasteiger partial charge in [-0.3, -0.25) is 0 Å². The lowest BCUT2D eigenvalue weighted by atomic mass is 10.4. The summed E-state index contributed by atoms with van der Waals surface area (Å²) in [6.45, 7) is 1.93. The predicted molar refractivity (Wildman–Crippen MR) is 50.0 cm³/mol. The van der Waals surface area contributed by atoms with Gasteiger partial charge in [-0.1, -0.05) is 6.92 Å². The number of rotatable bonds is 7. The van der Waals surface area contributed by atoms with Gasteiger partial charge in [0.2, 0.25) is 10.0 Å². The summed E-state index contributed by atoms with van der Waals surface area (Å²) in [5.74, 6) is 0.0900. The summed E-state index contributed by atoms with van der Waals surface area (Å²) in [6.07, 6.45) is -0.216. The molecule has 13 heavy (non-hydrogen) atoms. The smallest absolute Gasteiger partial charge is 0.211 e. The molecule has 0 aromatic heterocycles. The number of nitrogens with one attached hydrogen (secondary N) is 1. The van der Waals surface area contributed by atoms with Gasteiger partial charge in [0.25, 0.3) is 0 Å². The predicted octanol–water partition coefficient (Wildman–Crippen LogP) is -0.677. The molecule has 0 fully saturated rings. The average molecular weight is 211 g/mol. The van der Waals surface area contributed by atoms with E-state index in [0.29, 0.717) is 6.42 Å². The van der Waals surface area contributed by atoms with Crippen molar-refractivity contribution in [2.45, 2.75) is 19.4 Å². The Bertz CT molecular complexity index is 215. The lowest BCUT2D eigenvalue weighted by Gasteiger charge is -2.10. The number of aliphatic hydroxyl groups excluding tert-OH is 1. The highest BCUT2D eigenvalue weighted by atomic mass is 32.2. The largest absolute Gasteiger partial charge is 0.389 e. The number of ether oxygens (including phenoxy) is 1. The Kier molecular flexibility index (Phi) is 6.23. The molecule has 0 spiro atoms. The van der Waals surface area contributed by atoms with Gasteiger partial charge in [0.15, 0.2) is 0 Å². The molecule has 0 aliphatic rings. The van der Waals surface area contributed by atoms with E-state index in [1.807, 2.05) is 0 Å². The van der Waals surface area contributed by atoms with Gasteiger partial charge < -0.3 is 9.84 Å². The van der Waals surface area contributed by atoms with E-state index in [1.165, 1.54) is 7.11 Å². The molecule has 0 bridgehead atoms. The monoisotopic (exact) mass is 211 g/mol. The molecule has 6 heteroatoms. The molecular weight excluding hydrogens is 194 g/mol. The molecule has 0 heterocycles. The first-order valence-electron chi connectivity index (χ1n) is 4.16. The van der Waals surface area contributed by atoms with Gasteiger partial charge in [-0.25, -0.2) is 13.1 Å². The van der Waals surface area contributed by atoms with Crippen molar-refractivity contribution in [3.05, 3.63) is 0 Å². The van der Waals surface area contributed by atoms with Crippen molar-refractivity contribution in [2.75, 3.05) is 26.0 Å². The summed E-state index contributed by atoms with van der Waals surface area (Å²) in [5, 5.41) is 9.13. The summed E-state index contributed by atoms with van der Waals surface area (Å²) in [5.41, 5.74) is 0. The molecule has 5 nitrogen and oxygen atoms in total. The van der Waals surface area contributed by atoms with Gasteiger partial charge in [0.1, 0.15) is 0 Å². The van der Waals surface area contributed by atoms with E-state index in [0.717, 1.165) is 0 Å². The van der Waals surface area contributed by atoms with E-state index in [2.05, 4.69) is 9.46 Å². The highest BCUT2D eigenvalue weighted by Gasteiger charge is 2.11. The fourth-order valence-corrected chi connectivity index (χ4v) is 1.94. The number of sulfonamides is 1. The topological polar surface area (TPSA) is 75.6 Å². The Balaban J connectivity index is 3.74. The van der Waals surface area contributed by atoms with Crippen LogP contribution >= 0.6 is 0 Å². The van der Waals surface area contributed by atoms with Crippen LogP contribution in [0, 0.1) is 0 Å². The highest BCUT2D eigenvalue weighted by Crippen LogP contribution is 1.89. The third-order valence-electron chi connectivity index (χ3n) is 1.37. The standard InChI is InChI=1S/C7H17NO4S/c1-3-4-13(10,11)8-5-7(9)6-12-2/h7-9H,3-6H2,1-2H3. The SMILES string of the molecule is CCCS(=O)(=O)NCC(O)COC. The first kappa shape index (κ1) is 12.8. The Labute approximate surface area is 79.1 Å². The molecule has 0 saturated carbocycles. The van der Waals surface area contributed by atoms with Crippen LogP contribution in [0.4, 0.5) is 0 Å². The second-order valence-corrected chi connectivity index (χ2v) is 4.70. The van der Waals surface area contributed by atoms with Crippen LogP contribution in [-0.2, 0) is 14.8 Å². The van der Waals surface area contributed by atoms with Crippen molar-refractivity contribution in [1.82, 2.24) is 4.72 Å². The van der Waals surface area contributed by atoms with Gasteiger partial charge in [-0.15, -0.1) is 0 Å². The van der Waals surface area contributed by atoms with E-state index in [9.17, 15) is 8.42 Å². The third-order valence-corrected chi connectivity index (χ3v) is 2.92. The maximum absolute atomic E-state index is 11.1. The van der Waals surface area contributed by atoms with Gasteiger partial charge in [-0.2, -0.15) is 0 Å². The van der Waals surface area contributed by atoms with Crippen molar-refractivity contribution >= 4 is 10.0 Å². The summed E-state index contributed by atoms with van der Waals surface area (Å²) < 4.78 is 29.1. The maximum Gasteiger partial charge on any atom is 0.211 e. The van der Waals surface area contributed by atoms with Crippen LogP contribution in [0.5, 0.6) is 0 Å². The molecule has 0 radical (unpaired) electrons. The zero-order valence-electron chi connectivity index (χ0n) is 7.99.